The van der Waals surface area contributed by atoms with Gasteiger partial charge in [-0.3, -0.25) is 9.59 Å². The number of hydrogen-bond acceptors (Lipinski definition) is 5. The van der Waals surface area contributed by atoms with Gasteiger partial charge in [0, 0.05) is 0 Å². The molecule has 1 rings (SSSR count). The highest BCUT2D eigenvalue weighted by Crippen LogP contribution is 2.11. The topological polar surface area (TPSA) is 72.1 Å². The quantitative estimate of drug-likeness (QED) is 0.439. The number of nitrogens with one attached hydrogen (secondary N) is 1. The second kappa shape index (κ2) is 4.80. The summed E-state index contributed by atoms with van der Waals surface area (Å²) in [6.45, 7) is 1.66. The van der Waals surface area contributed by atoms with Crippen LogP contribution in [0.4, 0.5) is 0 Å². The van der Waals surface area contributed by atoms with Crippen LogP contribution in [0.1, 0.15) is 5.82 Å². The summed E-state index contributed by atoms with van der Waals surface area (Å²) in [6, 6.07) is 2.46. The molecule has 6 heteroatoms. The monoisotopic (exact) mass is 213 g/mol. The van der Waals surface area contributed by atoms with Crippen LogP contribution < -0.4 is 5.56 Å². The highest BCUT2D eigenvalue weighted by molar-refractivity contribution is 7.99. The summed E-state index contributed by atoms with van der Waals surface area (Å²) in [5.74, 6) is 0.271. The number of ether oxygens (including phenoxy) is 1. The fourth-order valence-corrected chi connectivity index (χ4v) is 1.49. The van der Waals surface area contributed by atoms with Gasteiger partial charge in [-0.2, -0.15) is 0 Å². The van der Waals surface area contributed by atoms with E-state index in [-0.39, 0.29) is 17.3 Å². The van der Waals surface area contributed by atoms with Crippen molar-refractivity contribution in [2.24, 2.45) is 0 Å². The van der Waals surface area contributed by atoms with Crippen molar-refractivity contribution < 1.29 is 9.53 Å². The van der Waals surface area contributed by atoms with Crippen LogP contribution in [0.2, 0.25) is 0 Å². The molecule has 14 heavy (non-hydrogen) atoms. The molecule has 0 bridgehead atoms. The maximum absolute atomic E-state index is 10.9. The highest BCUT2D eigenvalue weighted by atomic mass is 32.2. The van der Waals surface area contributed by atoms with Crippen LogP contribution in [0, 0.1) is 13.0 Å². The van der Waals surface area contributed by atoms with Crippen LogP contribution in [0.5, 0.6) is 0 Å². The molecule has 0 aliphatic carbocycles. The SMILES string of the molecule is COC(=O)CSc1[c]c(=O)[nH]c(C)n1. The van der Waals surface area contributed by atoms with Crippen LogP contribution in [0.25, 0.3) is 0 Å². The van der Waals surface area contributed by atoms with Gasteiger partial charge in [0.2, 0.25) is 0 Å². The minimum absolute atomic E-state index is 0.128. The number of esters is 1. The van der Waals surface area contributed by atoms with Crippen LogP contribution in [0.15, 0.2) is 9.82 Å². The number of aromatic nitrogens is 2. The Hall–Kier alpha value is -1.30. The van der Waals surface area contributed by atoms with Crippen molar-refractivity contribution in [1.82, 2.24) is 9.97 Å². The summed E-state index contributed by atoms with van der Waals surface area (Å²) in [5, 5.41) is 0.400. The van der Waals surface area contributed by atoms with Crippen molar-refractivity contribution in [3.63, 3.8) is 0 Å². The number of carbonyl (C=O) groups is 1. The molecule has 0 fully saturated rings. The average Bonchev–Trinajstić information content (AvgIpc) is 2.12. The lowest BCUT2D eigenvalue weighted by Crippen LogP contribution is -2.10. The number of nitrogens with zero attached hydrogens (tertiary/aromatic N) is 1. The first kappa shape index (κ1) is 10.8. The van der Waals surface area contributed by atoms with E-state index in [9.17, 15) is 9.59 Å². The zero-order chi connectivity index (χ0) is 10.6. The van der Waals surface area contributed by atoms with E-state index in [2.05, 4.69) is 20.8 Å². The van der Waals surface area contributed by atoms with Crippen molar-refractivity contribution >= 4 is 17.7 Å². The van der Waals surface area contributed by atoms with E-state index in [0.29, 0.717) is 10.9 Å². The van der Waals surface area contributed by atoms with E-state index in [1.165, 1.54) is 7.11 Å². The number of H-pyrrole nitrogens is 1. The molecule has 1 N–H and O–H groups in total. The first-order valence-corrected chi connectivity index (χ1v) is 4.80. The van der Waals surface area contributed by atoms with Gasteiger partial charge < -0.3 is 9.72 Å². The molecule has 0 atom stereocenters. The molecule has 0 saturated carbocycles. The lowest BCUT2D eigenvalue weighted by molar-refractivity contribution is -0.137. The first-order valence-electron chi connectivity index (χ1n) is 3.81. The number of carbonyl (C=O) groups excluding carboxylic acids is 1. The Bertz CT molecular complexity index is 388. The maximum Gasteiger partial charge on any atom is 0.316 e. The van der Waals surface area contributed by atoms with E-state index in [1.807, 2.05) is 0 Å². The summed E-state index contributed by atoms with van der Waals surface area (Å²) >= 11 is 1.12. The van der Waals surface area contributed by atoms with Gasteiger partial charge in [-0.15, -0.1) is 0 Å². The number of thioether (sulfide) groups is 1. The fourth-order valence-electron chi connectivity index (χ4n) is 0.755. The largest absolute Gasteiger partial charge is 0.468 e. The van der Waals surface area contributed by atoms with E-state index >= 15 is 0 Å². The molecule has 75 valence electrons. The molecule has 0 aromatic carbocycles. The Morgan fingerprint density at radius 1 is 1.71 bits per heavy atom. The Kier molecular flexibility index (Phi) is 3.70. The van der Waals surface area contributed by atoms with Crippen LogP contribution in [-0.4, -0.2) is 28.8 Å². The zero-order valence-electron chi connectivity index (χ0n) is 7.79. The molecule has 0 saturated heterocycles. The van der Waals surface area contributed by atoms with Crippen molar-refractivity contribution in [1.29, 1.82) is 0 Å². The second-order valence-electron chi connectivity index (χ2n) is 2.45. The number of aryl methyl sites for hydroxylation is 1. The molecule has 1 heterocycles. The van der Waals surface area contributed by atoms with Crippen LogP contribution in [-0.2, 0) is 9.53 Å². The van der Waals surface area contributed by atoms with Crippen molar-refractivity contribution in [2.75, 3.05) is 12.9 Å². The summed E-state index contributed by atoms with van der Waals surface area (Å²) in [6.07, 6.45) is 0. The van der Waals surface area contributed by atoms with Crippen molar-refractivity contribution in [3.05, 3.63) is 22.2 Å². The molecule has 0 aliphatic rings. The fraction of sp³-hybridized carbons (Fsp3) is 0.375. The number of methoxy groups -OCH3 is 1. The third kappa shape index (κ3) is 3.21. The van der Waals surface area contributed by atoms with E-state index < -0.39 is 0 Å². The smallest absolute Gasteiger partial charge is 0.316 e. The average molecular weight is 213 g/mol. The highest BCUT2D eigenvalue weighted by Gasteiger charge is 2.04. The lowest BCUT2D eigenvalue weighted by atomic mass is 10.6. The van der Waals surface area contributed by atoms with Gasteiger partial charge in [0.1, 0.15) is 10.9 Å². The van der Waals surface area contributed by atoms with Gasteiger partial charge in [-0.05, 0) is 6.92 Å². The zero-order valence-corrected chi connectivity index (χ0v) is 8.60. The van der Waals surface area contributed by atoms with Gasteiger partial charge >= 0.3 is 5.97 Å². The Morgan fingerprint density at radius 2 is 2.43 bits per heavy atom. The molecule has 0 unspecified atom stereocenters. The molecular formula is C8H9N2O3S. The minimum Gasteiger partial charge on any atom is -0.468 e. The van der Waals surface area contributed by atoms with Crippen molar-refractivity contribution in [3.8, 4) is 0 Å². The predicted molar refractivity (Wildman–Crippen MR) is 51.2 cm³/mol. The first-order chi connectivity index (χ1) is 6.61. The van der Waals surface area contributed by atoms with E-state index in [1.54, 1.807) is 6.92 Å². The lowest BCUT2D eigenvalue weighted by Gasteiger charge is -1.99. The predicted octanol–water partition coefficient (Wildman–Crippen LogP) is 0.144. The molecule has 1 radical (unpaired) electrons. The summed E-state index contributed by atoms with van der Waals surface area (Å²) in [7, 11) is 1.31. The number of rotatable bonds is 3. The standard InChI is InChI=1S/C8H9N2O3S/c1-5-9-6(11)3-7(10-5)14-4-8(12)13-2/h4H2,1-2H3,(H,9,10,11). The minimum atomic E-state index is -0.358. The Morgan fingerprint density at radius 3 is 3.00 bits per heavy atom. The van der Waals surface area contributed by atoms with Crippen LogP contribution in [0.3, 0.4) is 0 Å². The van der Waals surface area contributed by atoms with Gasteiger partial charge in [-0.1, -0.05) is 11.8 Å². The summed E-state index contributed by atoms with van der Waals surface area (Å²) in [5.41, 5.74) is -0.343. The van der Waals surface area contributed by atoms with Gasteiger partial charge in [0.05, 0.1) is 18.9 Å². The molecule has 1 aromatic heterocycles. The van der Waals surface area contributed by atoms with Crippen LogP contribution >= 0.6 is 11.8 Å². The molecule has 5 nitrogen and oxygen atoms in total. The normalized spacial score (nSPS) is 9.86. The second-order valence-corrected chi connectivity index (χ2v) is 3.41. The Labute approximate surface area is 84.9 Å². The maximum atomic E-state index is 10.9. The van der Waals surface area contributed by atoms with Crippen molar-refractivity contribution in [2.45, 2.75) is 11.9 Å². The molecular weight excluding hydrogens is 204 g/mol. The van der Waals surface area contributed by atoms with E-state index in [0.717, 1.165) is 11.8 Å². The van der Waals surface area contributed by atoms with Gasteiger partial charge in [0.15, 0.2) is 0 Å². The third-order valence-electron chi connectivity index (χ3n) is 1.34. The molecule has 0 aliphatic heterocycles. The molecule has 1 aromatic rings. The van der Waals surface area contributed by atoms with Gasteiger partial charge in [0.25, 0.3) is 5.56 Å². The number of hydrogen-bond donors (Lipinski definition) is 1. The summed E-state index contributed by atoms with van der Waals surface area (Å²) < 4.78 is 4.45. The van der Waals surface area contributed by atoms with E-state index in [4.69, 9.17) is 0 Å². The van der Waals surface area contributed by atoms with Gasteiger partial charge in [-0.25, -0.2) is 4.98 Å². The number of aromatic amines is 1. The molecule has 0 spiro atoms. The summed E-state index contributed by atoms with van der Waals surface area (Å²) in [4.78, 5) is 28.2. The Balaban J connectivity index is 2.68. The molecule has 0 amide bonds. The third-order valence-corrected chi connectivity index (χ3v) is 2.19.